The number of thiol groups is 1. The number of hydrogen-bond acceptors (Lipinski definition) is 3. The van der Waals surface area contributed by atoms with Crippen LogP contribution in [0.1, 0.15) is 11.1 Å². The molecule has 0 heterocycles. The minimum Gasteiger partial charge on any atom is -0.481 e. The molecule has 0 radical (unpaired) electrons. The predicted octanol–water partition coefficient (Wildman–Crippen LogP) is 1.61. The molecule has 0 aliphatic heterocycles. The molecule has 0 unspecified atom stereocenters. The maximum Gasteiger partial charge on any atom is 0.307 e. The fourth-order valence-corrected chi connectivity index (χ4v) is 1.33. The summed E-state index contributed by atoms with van der Waals surface area (Å²) in [6.45, 7) is 0. The zero-order valence-corrected chi connectivity index (χ0v) is 7.88. The molecule has 0 aliphatic rings. The summed E-state index contributed by atoms with van der Waals surface area (Å²) in [6.07, 6.45) is -0.270. The highest BCUT2D eigenvalue weighted by Crippen LogP contribution is 2.21. The first-order valence-electron chi connectivity index (χ1n) is 3.68. The summed E-state index contributed by atoms with van der Waals surface area (Å²) in [6, 6.07) is 4.01. The second-order valence-electron chi connectivity index (χ2n) is 2.61. The van der Waals surface area contributed by atoms with Gasteiger partial charge >= 0.3 is 5.97 Å². The molecule has 0 saturated heterocycles. The van der Waals surface area contributed by atoms with Crippen molar-refractivity contribution in [1.82, 2.24) is 0 Å². The summed E-state index contributed by atoms with van der Waals surface area (Å²) in [5, 5.41) is 17.1. The van der Waals surface area contributed by atoms with Crippen LogP contribution in [0.2, 0.25) is 0 Å². The number of nitriles is 1. The number of rotatable bonds is 2. The number of hydrogen-bond donors (Lipinski definition) is 2. The van der Waals surface area contributed by atoms with Crippen LogP contribution in [-0.2, 0) is 11.2 Å². The molecular weight excluding hydrogens is 205 g/mol. The molecule has 5 heteroatoms. The minimum absolute atomic E-state index is 0.0925. The maximum absolute atomic E-state index is 12.9. The van der Waals surface area contributed by atoms with E-state index in [1.807, 2.05) is 0 Å². The van der Waals surface area contributed by atoms with Crippen molar-refractivity contribution in [2.75, 3.05) is 0 Å². The Morgan fingerprint density at radius 2 is 2.29 bits per heavy atom. The number of benzene rings is 1. The third kappa shape index (κ3) is 2.03. The lowest BCUT2D eigenvalue weighted by atomic mass is 10.1. The van der Waals surface area contributed by atoms with Gasteiger partial charge in [0.25, 0.3) is 0 Å². The average Bonchev–Trinajstić information content (AvgIpc) is 2.10. The molecule has 0 atom stereocenters. The van der Waals surface area contributed by atoms with Crippen molar-refractivity contribution in [3.8, 4) is 6.07 Å². The second-order valence-corrected chi connectivity index (χ2v) is 3.06. The van der Waals surface area contributed by atoms with Crippen molar-refractivity contribution in [1.29, 1.82) is 5.26 Å². The SMILES string of the molecule is N#Cc1c(F)ccc(CC(=O)O)c1S. The van der Waals surface area contributed by atoms with E-state index in [0.717, 1.165) is 6.07 Å². The Bertz CT molecular complexity index is 426. The van der Waals surface area contributed by atoms with E-state index in [1.165, 1.54) is 6.07 Å². The van der Waals surface area contributed by atoms with Crippen molar-refractivity contribution in [3.05, 3.63) is 29.1 Å². The van der Waals surface area contributed by atoms with Gasteiger partial charge in [-0.05, 0) is 11.6 Å². The number of carboxylic acids is 1. The van der Waals surface area contributed by atoms with E-state index in [1.54, 1.807) is 6.07 Å². The molecule has 1 N–H and O–H groups in total. The summed E-state index contributed by atoms with van der Waals surface area (Å²) in [5.74, 6) is -1.73. The van der Waals surface area contributed by atoms with E-state index in [9.17, 15) is 9.18 Å². The number of carbonyl (C=O) groups is 1. The Kier molecular flexibility index (Phi) is 3.10. The number of carboxylic acid groups (broad SMARTS) is 1. The van der Waals surface area contributed by atoms with E-state index >= 15 is 0 Å². The van der Waals surface area contributed by atoms with Crippen LogP contribution in [0.3, 0.4) is 0 Å². The molecule has 72 valence electrons. The normalized spacial score (nSPS) is 9.50. The highest BCUT2D eigenvalue weighted by atomic mass is 32.1. The first kappa shape index (κ1) is 10.5. The lowest BCUT2D eigenvalue weighted by molar-refractivity contribution is -0.136. The second kappa shape index (κ2) is 4.11. The van der Waals surface area contributed by atoms with Gasteiger partial charge in [-0.1, -0.05) is 6.07 Å². The molecule has 0 fully saturated rings. The summed E-state index contributed by atoms with van der Waals surface area (Å²) in [7, 11) is 0. The van der Waals surface area contributed by atoms with Gasteiger partial charge in [-0.25, -0.2) is 4.39 Å². The topological polar surface area (TPSA) is 61.1 Å². The van der Waals surface area contributed by atoms with Crippen LogP contribution < -0.4 is 0 Å². The van der Waals surface area contributed by atoms with Gasteiger partial charge < -0.3 is 5.11 Å². The van der Waals surface area contributed by atoms with Gasteiger partial charge in [0.05, 0.1) is 6.42 Å². The van der Waals surface area contributed by atoms with Gasteiger partial charge in [0.15, 0.2) is 0 Å². The smallest absolute Gasteiger partial charge is 0.307 e. The molecule has 14 heavy (non-hydrogen) atoms. The Morgan fingerprint density at radius 1 is 1.64 bits per heavy atom. The average molecular weight is 211 g/mol. The summed E-state index contributed by atoms with van der Waals surface area (Å²) >= 11 is 3.91. The molecule has 1 aromatic carbocycles. The van der Waals surface area contributed by atoms with Gasteiger partial charge in [-0.15, -0.1) is 12.6 Å². The van der Waals surface area contributed by atoms with Crippen molar-refractivity contribution >= 4 is 18.6 Å². The molecular formula is C9H6FNO2S. The summed E-state index contributed by atoms with van der Waals surface area (Å²) < 4.78 is 12.9. The molecule has 1 rings (SSSR count). The minimum atomic E-state index is -1.05. The molecule has 1 aromatic rings. The third-order valence-corrected chi connectivity index (χ3v) is 2.17. The van der Waals surface area contributed by atoms with Crippen molar-refractivity contribution in [2.24, 2.45) is 0 Å². The fraction of sp³-hybridized carbons (Fsp3) is 0.111. The molecule has 3 nitrogen and oxygen atoms in total. The van der Waals surface area contributed by atoms with E-state index < -0.39 is 11.8 Å². The van der Waals surface area contributed by atoms with Crippen LogP contribution in [0.4, 0.5) is 4.39 Å². The quantitative estimate of drug-likeness (QED) is 0.730. The van der Waals surface area contributed by atoms with Crippen LogP contribution in [0, 0.1) is 17.1 Å². The summed E-state index contributed by atoms with van der Waals surface area (Å²) in [5.41, 5.74) is 0.117. The fourth-order valence-electron chi connectivity index (χ4n) is 1.02. The van der Waals surface area contributed by atoms with Crippen molar-refractivity contribution < 1.29 is 14.3 Å². The first-order valence-corrected chi connectivity index (χ1v) is 4.13. The van der Waals surface area contributed by atoms with Crippen LogP contribution in [0.15, 0.2) is 17.0 Å². The van der Waals surface area contributed by atoms with Crippen LogP contribution in [-0.4, -0.2) is 11.1 Å². The highest BCUT2D eigenvalue weighted by Gasteiger charge is 2.12. The third-order valence-electron chi connectivity index (χ3n) is 1.66. The van der Waals surface area contributed by atoms with E-state index in [2.05, 4.69) is 12.6 Å². The predicted molar refractivity (Wildman–Crippen MR) is 49.7 cm³/mol. The lowest BCUT2D eigenvalue weighted by Crippen LogP contribution is -2.02. The van der Waals surface area contributed by atoms with Gasteiger partial charge in [0, 0.05) is 4.90 Å². The van der Waals surface area contributed by atoms with Crippen LogP contribution >= 0.6 is 12.6 Å². The van der Waals surface area contributed by atoms with Crippen LogP contribution in [0.25, 0.3) is 0 Å². The van der Waals surface area contributed by atoms with E-state index in [0.29, 0.717) is 5.56 Å². The lowest BCUT2D eigenvalue weighted by Gasteiger charge is -2.04. The molecule has 0 saturated carbocycles. The molecule has 0 aliphatic carbocycles. The zero-order valence-electron chi connectivity index (χ0n) is 6.99. The summed E-state index contributed by atoms with van der Waals surface area (Å²) in [4.78, 5) is 10.5. The first-order chi connectivity index (χ1) is 6.56. The monoisotopic (exact) mass is 211 g/mol. The molecule has 0 amide bonds. The number of aliphatic carboxylic acids is 1. The Balaban J connectivity index is 3.23. The number of nitrogens with zero attached hydrogens (tertiary/aromatic N) is 1. The van der Waals surface area contributed by atoms with Crippen molar-refractivity contribution in [2.45, 2.75) is 11.3 Å². The molecule has 0 bridgehead atoms. The Hall–Kier alpha value is -1.54. The molecule has 0 spiro atoms. The Morgan fingerprint density at radius 3 is 2.79 bits per heavy atom. The standard InChI is InChI=1S/C9H6FNO2S/c10-7-2-1-5(3-8(12)13)9(14)6(7)4-11/h1-2,14H,3H2,(H,12,13). The maximum atomic E-state index is 12.9. The van der Waals surface area contributed by atoms with Gasteiger partial charge in [0.2, 0.25) is 0 Å². The zero-order chi connectivity index (χ0) is 10.7. The van der Waals surface area contributed by atoms with E-state index in [4.69, 9.17) is 10.4 Å². The number of halogens is 1. The largest absolute Gasteiger partial charge is 0.481 e. The van der Waals surface area contributed by atoms with Crippen LogP contribution in [0.5, 0.6) is 0 Å². The van der Waals surface area contributed by atoms with Crippen molar-refractivity contribution in [3.63, 3.8) is 0 Å². The van der Waals surface area contributed by atoms with Gasteiger partial charge in [-0.3, -0.25) is 4.79 Å². The van der Waals surface area contributed by atoms with Gasteiger partial charge in [-0.2, -0.15) is 5.26 Å². The highest BCUT2D eigenvalue weighted by molar-refractivity contribution is 7.80. The Labute approximate surface area is 85.2 Å². The van der Waals surface area contributed by atoms with E-state index in [-0.39, 0.29) is 16.9 Å². The van der Waals surface area contributed by atoms with Gasteiger partial charge in [0.1, 0.15) is 17.4 Å². The molecule has 0 aromatic heterocycles.